The number of nitrogens with zero attached hydrogens (tertiary/aromatic N) is 1. The first-order valence-electron chi connectivity index (χ1n) is 6.50. The lowest BCUT2D eigenvalue weighted by Gasteiger charge is -2.41. The molecule has 0 aromatic heterocycles. The van der Waals surface area contributed by atoms with E-state index in [-0.39, 0.29) is 16.4 Å². The molecule has 1 aliphatic heterocycles. The number of benzene rings is 1. The molecule has 1 saturated heterocycles. The molecule has 0 radical (unpaired) electrons. The smallest absolute Gasteiger partial charge is 0.317 e. The molecule has 5 nitrogen and oxygen atoms in total. The molecule has 0 aliphatic carbocycles. The number of carbonyl (C=O) groups is 2. The van der Waals surface area contributed by atoms with Crippen LogP contribution < -0.4 is 5.32 Å². The zero-order chi connectivity index (χ0) is 16.4. The molecule has 2 rings (SSSR count). The summed E-state index contributed by atoms with van der Waals surface area (Å²) in [6, 6.07) is 4.98. The molecule has 0 bridgehead atoms. The number of carbonyl (C=O) groups excluding carboxylic acids is 2. The van der Waals surface area contributed by atoms with Crippen molar-refractivity contribution in [3.05, 3.63) is 47.9 Å². The molecule has 1 aromatic rings. The van der Waals surface area contributed by atoms with Crippen LogP contribution in [0.15, 0.2) is 36.5 Å². The third-order valence-electron chi connectivity index (χ3n) is 3.47. The highest BCUT2D eigenvalue weighted by Crippen LogP contribution is 2.37. The maximum absolute atomic E-state index is 14.2. The van der Waals surface area contributed by atoms with Gasteiger partial charge in [0.15, 0.2) is 5.11 Å². The predicted octanol–water partition coefficient (Wildman–Crippen LogP) is 1.91. The van der Waals surface area contributed by atoms with Gasteiger partial charge in [-0.15, -0.1) is 0 Å². The lowest BCUT2D eigenvalue weighted by molar-refractivity contribution is -0.147. The summed E-state index contributed by atoms with van der Waals surface area (Å²) in [7, 11) is 1.22. The van der Waals surface area contributed by atoms with E-state index in [2.05, 4.69) is 11.9 Å². The van der Waals surface area contributed by atoms with E-state index in [1.54, 1.807) is 6.07 Å². The van der Waals surface area contributed by atoms with Gasteiger partial charge in [-0.05, 0) is 18.3 Å². The van der Waals surface area contributed by atoms with Crippen molar-refractivity contribution < 1.29 is 18.7 Å². The summed E-state index contributed by atoms with van der Waals surface area (Å²) in [5.41, 5.74) is 0.445. The number of ether oxygens (including phenoxy) is 1. The minimum absolute atomic E-state index is 0.0749. The predicted molar refractivity (Wildman–Crippen MR) is 82.0 cm³/mol. The number of hydrogen-bond donors (Lipinski definition) is 1. The van der Waals surface area contributed by atoms with Crippen molar-refractivity contribution in [2.24, 2.45) is 5.92 Å². The van der Waals surface area contributed by atoms with Crippen LogP contribution in [0.3, 0.4) is 0 Å². The number of methoxy groups -OCH3 is 1. The Kier molecular flexibility index (Phi) is 4.56. The van der Waals surface area contributed by atoms with E-state index in [4.69, 9.17) is 17.0 Å². The number of halogens is 1. The summed E-state index contributed by atoms with van der Waals surface area (Å²) in [5.74, 6) is -2.53. The fraction of sp³-hybridized carbons (Fsp3) is 0.267. The van der Waals surface area contributed by atoms with Crippen LogP contribution in [0.4, 0.5) is 4.39 Å². The van der Waals surface area contributed by atoms with Gasteiger partial charge in [0, 0.05) is 18.2 Å². The second kappa shape index (κ2) is 6.23. The zero-order valence-electron chi connectivity index (χ0n) is 12.1. The van der Waals surface area contributed by atoms with E-state index in [9.17, 15) is 14.0 Å². The highest BCUT2D eigenvalue weighted by molar-refractivity contribution is 7.80. The summed E-state index contributed by atoms with van der Waals surface area (Å²) in [6.07, 6.45) is 0. The monoisotopic (exact) mass is 322 g/mol. The number of esters is 1. The average Bonchev–Trinajstić information content (AvgIpc) is 2.45. The van der Waals surface area contributed by atoms with Crippen LogP contribution in [0.25, 0.3) is 0 Å². The molecule has 22 heavy (non-hydrogen) atoms. The molecular formula is C15H15FN2O3S. The Labute approximate surface area is 132 Å². The van der Waals surface area contributed by atoms with Crippen LogP contribution in [0, 0.1) is 11.7 Å². The van der Waals surface area contributed by atoms with Crippen LogP contribution in [-0.4, -0.2) is 29.0 Å². The van der Waals surface area contributed by atoms with E-state index in [1.807, 2.05) is 0 Å². The summed E-state index contributed by atoms with van der Waals surface area (Å²) in [5, 5.41) is 2.79. The zero-order valence-corrected chi connectivity index (χ0v) is 12.9. The largest absolute Gasteiger partial charge is 0.468 e. The van der Waals surface area contributed by atoms with Crippen molar-refractivity contribution >= 4 is 29.2 Å². The van der Waals surface area contributed by atoms with Gasteiger partial charge in [0.05, 0.1) is 13.2 Å². The molecule has 1 fully saturated rings. The Morgan fingerprint density at radius 2 is 2.05 bits per heavy atom. The van der Waals surface area contributed by atoms with Crippen molar-refractivity contribution in [1.82, 2.24) is 10.2 Å². The maximum Gasteiger partial charge on any atom is 0.317 e. The highest BCUT2D eigenvalue weighted by Gasteiger charge is 2.44. The van der Waals surface area contributed by atoms with Gasteiger partial charge in [-0.1, -0.05) is 24.8 Å². The molecule has 7 heteroatoms. The standard InChI is InChI=1S/C15H15FN2O3S/c1-8-12(14(20)21-3)13(10-6-4-5-7-11(10)16)18(9(2)19)15(22)17-8/h4-7,12-13H,1H2,2-3H3,(H,17,22). The van der Waals surface area contributed by atoms with Crippen molar-refractivity contribution in [3.63, 3.8) is 0 Å². The Morgan fingerprint density at radius 3 is 2.59 bits per heavy atom. The number of nitrogens with one attached hydrogen (secondary N) is 1. The quantitative estimate of drug-likeness (QED) is 0.666. The van der Waals surface area contributed by atoms with Crippen LogP contribution in [0.5, 0.6) is 0 Å². The van der Waals surface area contributed by atoms with Crippen molar-refractivity contribution in [3.8, 4) is 0 Å². The molecule has 1 heterocycles. The molecule has 0 spiro atoms. The summed E-state index contributed by atoms with van der Waals surface area (Å²) in [6.45, 7) is 5.05. The van der Waals surface area contributed by atoms with Gasteiger partial charge >= 0.3 is 5.97 Å². The lowest BCUT2D eigenvalue weighted by atomic mass is 9.87. The van der Waals surface area contributed by atoms with Crippen LogP contribution in [0.2, 0.25) is 0 Å². The number of rotatable bonds is 2. The first-order valence-corrected chi connectivity index (χ1v) is 6.91. The van der Waals surface area contributed by atoms with Crippen molar-refractivity contribution in [2.75, 3.05) is 7.11 Å². The van der Waals surface area contributed by atoms with E-state index in [0.29, 0.717) is 0 Å². The van der Waals surface area contributed by atoms with E-state index >= 15 is 0 Å². The summed E-state index contributed by atoms with van der Waals surface area (Å²) < 4.78 is 19.0. The molecule has 1 amide bonds. The molecule has 0 saturated carbocycles. The SMILES string of the molecule is C=C1NC(=S)N(C(C)=O)C(c2ccccc2F)C1C(=O)OC. The van der Waals surface area contributed by atoms with Gasteiger partial charge in [-0.25, -0.2) is 4.39 Å². The third kappa shape index (κ3) is 2.71. The minimum atomic E-state index is -0.961. The fourth-order valence-electron chi connectivity index (χ4n) is 2.51. The topological polar surface area (TPSA) is 58.6 Å². The minimum Gasteiger partial charge on any atom is -0.468 e. The van der Waals surface area contributed by atoms with E-state index in [0.717, 1.165) is 0 Å². The first kappa shape index (κ1) is 16.1. The van der Waals surface area contributed by atoms with Gasteiger partial charge in [-0.3, -0.25) is 14.5 Å². The second-order valence-corrected chi connectivity index (χ2v) is 5.20. The molecule has 1 N–H and O–H groups in total. The molecular weight excluding hydrogens is 307 g/mol. The van der Waals surface area contributed by atoms with Gasteiger partial charge < -0.3 is 10.1 Å². The summed E-state index contributed by atoms with van der Waals surface area (Å²) >= 11 is 5.14. The summed E-state index contributed by atoms with van der Waals surface area (Å²) in [4.78, 5) is 25.3. The second-order valence-electron chi connectivity index (χ2n) is 4.81. The number of amides is 1. The van der Waals surface area contributed by atoms with Gasteiger partial charge in [0.2, 0.25) is 5.91 Å². The molecule has 1 aromatic carbocycles. The van der Waals surface area contributed by atoms with Crippen LogP contribution in [0.1, 0.15) is 18.5 Å². The van der Waals surface area contributed by atoms with E-state index < -0.39 is 29.7 Å². The Hall–Kier alpha value is -2.28. The molecule has 2 unspecified atom stereocenters. The Morgan fingerprint density at radius 1 is 1.41 bits per heavy atom. The maximum atomic E-state index is 14.2. The van der Waals surface area contributed by atoms with Crippen molar-refractivity contribution in [1.29, 1.82) is 0 Å². The first-order chi connectivity index (χ1) is 10.4. The van der Waals surface area contributed by atoms with Gasteiger partial charge in [0.25, 0.3) is 0 Å². The third-order valence-corrected chi connectivity index (χ3v) is 3.77. The normalized spacial score (nSPS) is 21.3. The fourth-order valence-corrected chi connectivity index (χ4v) is 2.89. The molecule has 1 aliphatic rings. The van der Waals surface area contributed by atoms with Gasteiger partial charge in [0.1, 0.15) is 11.7 Å². The van der Waals surface area contributed by atoms with Crippen LogP contribution in [-0.2, 0) is 14.3 Å². The Bertz CT molecular complexity index is 662. The van der Waals surface area contributed by atoms with Crippen LogP contribution >= 0.6 is 12.2 Å². The van der Waals surface area contributed by atoms with Crippen molar-refractivity contribution in [2.45, 2.75) is 13.0 Å². The van der Waals surface area contributed by atoms with Gasteiger partial charge in [-0.2, -0.15) is 0 Å². The highest BCUT2D eigenvalue weighted by atomic mass is 32.1. The number of thiocarbonyl (C=S) groups is 1. The lowest BCUT2D eigenvalue weighted by Crippen LogP contribution is -2.55. The molecule has 2 atom stereocenters. The Balaban J connectivity index is 2.63. The average molecular weight is 322 g/mol. The molecule has 116 valence electrons. The van der Waals surface area contributed by atoms with E-state index in [1.165, 1.54) is 37.1 Å². The number of hydrogen-bond acceptors (Lipinski definition) is 4.